The van der Waals surface area contributed by atoms with Crippen LogP contribution < -0.4 is 0 Å². The van der Waals surface area contributed by atoms with E-state index in [9.17, 15) is 0 Å². The van der Waals surface area contributed by atoms with Gasteiger partial charge in [0, 0.05) is 13.1 Å². The highest BCUT2D eigenvalue weighted by molar-refractivity contribution is 4.68. The van der Waals surface area contributed by atoms with E-state index in [1.807, 2.05) is 0 Å². The molecule has 0 saturated carbocycles. The molecule has 1 heteroatoms. The summed E-state index contributed by atoms with van der Waals surface area (Å²) < 4.78 is 0. The molecule has 1 rings (SSSR count). The maximum Gasteiger partial charge on any atom is 0.0110 e. The second kappa shape index (κ2) is 0.977. The van der Waals surface area contributed by atoms with Crippen molar-refractivity contribution in [1.82, 2.24) is 4.90 Å². The lowest BCUT2D eigenvalue weighted by molar-refractivity contribution is 0.595. The molecule has 0 aromatic rings. The van der Waals surface area contributed by atoms with Crippen LogP contribution in [-0.2, 0) is 0 Å². The lowest BCUT2D eigenvalue weighted by Gasteiger charge is -1.81. The zero-order valence-corrected chi connectivity index (χ0v) is 3.57. The first kappa shape index (κ1) is 3.16. The summed E-state index contributed by atoms with van der Waals surface area (Å²) in [4.78, 5) is 2.38. The van der Waals surface area contributed by atoms with E-state index in [0.29, 0.717) is 0 Å². The number of rotatable bonds is 1. The van der Waals surface area contributed by atoms with Gasteiger partial charge in [0.1, 0.15) is 0 Å². The van der Waals surface area contributed by atoms with Crippen LogP contribution in [0.15, 0.2) is 0 Å². The van der Waals surface area contributed by atoms with E-state index >= 15 is 0 Å². The fourth-order valence-electron chi connectivity index (χ4n) is 0.387. The Balaban J connectivity index is 2.00. The molecule has 1 aliphatic rings. The van der Waals surface area contributed by atoms with Crippen LogP contribution in [0.1, 0.15) is 6.92 Å². The molecule has 30 valence electrons. The summed E-state index contributed by atoms with van der Waals surface area (Å²) in [5.41, 5.74) is 0. The molecule has 1 nitrogen and oxygen atoms in total. The van der Waals surface area contributed by atoms with Crippen LogP contribution >= 0.6 is 0 Å². The molecular weight excluding hydrogens is 62.1 g/mol. The van der Waals surface area contributed by atoms with Crippen molar-refractivity contribution in [3.63, 3.8) is 0 Å². The molecule has 0 spiro atoms. The molecular formula is C4H9N. The van der Waals surface area contributed by atoms with Crippen LogP contribution in [0.4, 0.5) is 0 Å². The standard InChI is InChI=1S/C4H9N/c1-2-5-3-4-5/h2-4H2,1H3. The molecule has 1 saturated heterocycles. The molecule has 1 fully saturated rings. The summed E-state index contributed by atoms with van der Waals surface area (Å²) in [6, 6.07) is 0. The molecule has 0 radical (unpaired) electrons. The zero-order chi connectivity index (χ0) is 3.70. The van der Waals surface area contributed by atoms with Gasteiger partial charge < -0.3 is 4.90 Å². The molecule has 0 atom stereocenters. The minimum atomic E-state index is 1.25. The third-order valence-electron chi connectivity index (χ3n) is 0.987. The summed E-state index contributed by atoms with van der Waals surface area (Å²) in [6.07, 6.45) is 0. The van der Waals surface area contributed by atoms with E-state index in [1.54, 1.807) is 0 Å². The molecule has 0 unspecified atom stereocenters. The Hall–Kier alpha value is -0.0400. The van der Waals surface area contributed by atoms with Crippen molar-refractivity contribution in [2.24, 2.45) is 0 Å². The molecule has 1 aliphatic heterocycles. The van der Waals surface area contributed by atoms with Gasteiger partial charge in [-0.3, -0.25) is 0 Å². The third-order valence-corrected chi connectivity index (χ3v) is 0.987. The Morgan fingerprint density at radius 1 is 1.60 bits per heavy atom. The van der Waals surface area contributed by atoms with Crippen molar-refractivity contribution in [2.45, 2.75) is 6.92 Å². The Labute approximate surface area is 32.6 Å². The van der Waals surface area contributed by atoms with E-state index < -0.39 is 0 Å². The number of nitrogens with zero attached hydrogens (tertiary/aromatic N) is 1. The second-order valence-corrected chi connectivity index (χ2v) is 1.43. The van der Waals surface area contributed by atoms with Crippen LogP contribution in [-0.4, -0.2) is 24.5 Å². The van der Waals surface area contributed by atoms with Crippen LogP contribution in [0.5, 0.6) is 0 Å². The summed E-state index contributed by atoms with van der Waals surface area (Å²) in [6.45, 7) is 6.12. The Morgan fingerprint density at radius 2 is 2.20 bits per heavy atom. The molecule has 0 bridgehead atoms. The summed E-state index contributed by atoms with van der Waals surface area (Å²) in [7, 11) is 0. The molecule has 0 aromatic carbocycles. The van der Waals surface area contributed by atoms with Crippen LogP contribution in [0, 0.1) is 0 Å². The van der Waals surface area contributed by atoms with Gasteiger partial charge in [-0.05, 0) is 6.54 Å². The molecule has 0 aromatic heterocycles. The Bertz CT molecular complexity index is 30.6. The Morgan fingerprint density at radius 3 is 2.20 bits per heavy atom. The zero-order valence-electron chi connectivity index (χ0n) is 3.57. The van der Waals surface area contributed by atoms with Gasteiger partial charge in [0.2, 0.25) is 0 Å². The van der Waals surface area contributed by atoms with Gasteiger partial charge in [-0.15, -0.1) is 0 Å². The Kier molecular flexibility index (Phi) is 0.618. The highest BCUT2D eigenvalue weighted by Gasteiger charge is 2.12. The largest absolute Gasteiger partial charge is 0.301 e. The first-order valence-corrected chi connectivity index (χ1v) is 2.16. The fraction of sp³-hybridized carbons (Fsp3) is 1.00. The molecule has 0 N–H and O–H groups in total. The second-order valence-electron chi connectivity index (χ2n) is 1.43. The van der Waals surface area contributed by atoms with Crippen molar-refractivity contribution in [2.75, 3.05) is 19.6 Å². The normalized spacial score (nSPS) is 23.4. The van der Waals surface area contributed by atoms with Crippen molar-refractivity contribution < 1.29 is 0 Å². The number of hydrogen-bond acceptors (Lipinski definition) is 1. The molecule has 0 amide bonds. The monoisotopic (exact) mass is 71.1 g/mol. The van der Waals surface area contributed by atoms with Gasteiger partial charge in [-0.25, -0.2) is 0 Å². The number of likely N-dealkylation sites (N-methyl/N-ethyl adjacent to an activating group) is 1. The van der Waals surface area contributed by atoms with E-state index in [-0.39, 0.29) is 0 Å². The van der Waals surface area contributed by atoms with Gasteiger partial charge in [0.25, 0.3) is 0 Å². The minimum Gasteiger partial charge on any atom is -0.301 e. The smallest absolute Gasteiger partial charge is 0.0110 e. The van der Waals surface area contributed by atoms with Crippen molar-refractivity contribution >= 4 is 0 Å². The van der Waals surface area contributed by atoms with Crippen molar-refractivity contribution in [3.05, 3.63) is 0 Å². The topological polar surface area (TPSA) is 3.01 Å². The van der Waals surface area contributed by atoms with Crippen molar-refractivity contribution in [1.29, 1.82) is 0 Å². The third kappa shape index (κ3) is 0.618. The quantitative estimate of drug-likeness (QED) is 0.402. The molecule has 0 aliphatic carbocycles. The highest BCUT2D eigenvalue weighted by Crippen LogP contribution is 1.98. The van der Waals surface area contributed by atoms with Gasteiger partial charge in [-0.1, -0.05) is 6.92 Å². The van der Waals surface area contributed by atoms with E-state index in [4.69, 9.17) is 0 Å². The molecule has 5 heavy (non-hydrogen) atoms. The van der Waals surface area contributed by atoms with Gasteiger partial charge in [0.05, 0.1) is 0 Å². The summed E-state index contributed by atoms with van der Waals surface area (Å²) in [5.74, 6) is 0. The predicted molar refractivity (Wildman–Crippen MR) is 22.1 cm³/mol. The van der Waals surface area contributed by atoms with Crippen LogP contribution in [0.3, 0.4) is 0 Å². The average molecular weight is 71.1 g/mol. The van der Waals surface area contributed by atoms with E-state index in [0.717, 1.165) is 0 Å². The van der Waals surface area contributed by atoms with Gasteiger partial charge in [-0.2, -0.15) is 0 Å². The van der Waals surface area contributed by atoms with Crippen molar-refractivity contribution in [3.8, 4) is 0 Å². The minimum absolute atomic E-state index is 1.25. The van der Waals surface area contributed by atoms with E-state index in [1.165, 1.54) is 19.6 Å². The maximum atomic E-state index is 2.38. The average Bonchev–Trinajstić information content (AvgIpc) is 2.12. The molecule has 1 heterocycles. The maximum absolute atomic E-state index is 2.38. The summed E-state index contributed by atoms with van der Waals surface area (Å²) in [5, 5.41) is 0. The first-order valence-electron chi connectivity index (χ1n) is 2.16. The predicted octanol–water partition coefficient (Wildman–Crippen LogP) is 0.322. The highest BCUT2D eigenvalue weighted by atomic mass is 15.2. The SMILES string of the molecule is CCN1CC1. The first-order chi connectivity index (χ1) is 2.43. The summed E-state index contributed by atoms with van der Waals surface area (Å²) >= 11 is 0. The lowest BCUT2D eigenvalue weighted by atomic mass is 10.8. The van der Waals surface area contributed by atoms with Crippen LogP contribution in [0.2, 0.25) is 0 Å². The van der Waals surface area contributed by atoms with E-state index in [2.05, 4.69) is 11.8 Å². The van der Waals surface area contributed by atoms with Crippen LogP contribution in [0.25, 0.3) is 0 Å². The lowest BCUT2D eigenvalue weighted by Crippen LogP contribution is -1.89. The number of hydrogen-bond donors (Lipinski definition) is 0. The fourth-order valence-corrected chi connectivity index (χ4v) is 0.387. The van der Waals surface area contributed by atoms with Gasteiger partial charge in [0.15, 0.2) is 0 Å². The van der Waals surface area contributed by atoms with Gasteiger partial charge >= 0.3 is 0 Å².